The van der Waals surface area contributed by atoms with Gasteiger partial charge >= 0.3 is 5.97 Å². The van der Waals surface area contributed by atoms with Crippen molar-refractivity contribution >= 4 is 5.97 Å². The van der Waals surface area contributed by atoms with E-state index >= 15 is 0 Å². The monoisotopic (exact) mass is 285 g/mol. The number of carboxylic acids is 1. The Morgan fingerprint density at radius 3 is 2.86 bits per heavy atom. The SMILES string of the molecule is CCCCc1cn(-c2cc(C(=O)O)c(O)cn2)cc1C#N. The lowest BCUT2D eigenvalue weighted by molar-refractivity contribution is 0.0693. The smallest absolute Gasteiger partial charge is 0.339 e. The van der Waals surface area contributed by atoms with Crippen LogP contribution in [0.3, 0.4) is 0 Å². The van der Waals surface area contributed by atoms with Gasteiger partial charge in [-0.2, -0.15) is 5.26 Å². The van der Waals surface area contributed by atoms with Crippen LogP contribution < -0.4 is 0 Å². The first kappa shape index (κ1) is 14.6. The highest BCUT2D eigenvalue weighted by Gasteiger charge is 2.13. The van der Waals surface area contributed by atoms with Crippen molar-refractivity contribution in [2.45, 2.75) is 26.2 Å². The molecule has 0 aliphatic heterocycles. The Kier molecular flexibility index (Phi) is 4.24. The summed E-state index contributed by atoms with van der Waals surface area (Å²) >= 11 is 0. The minimum Gasteiger partial charge on any atom is -0.505 e. The summed E-state index contributed by atoms with van der Waals surface area (Å²) in [6, 6.07) is 3.41. The van der Waals surface area contributed by atoms with Gasteiger partial charge in [-0.3, -0.25) is 0 Å². The molecule has 2 aromatic rings. The van der Waals surface area contributed by atoms with Crippen LogP contribution in [-0.4, -0.2) is 25.7 Å². The predicted octanol–water partition coefficient (Wildman–Crippen LogP) is 2.49. The quantitative estimate of drug-likeness (QED) is 0.879. The number of hydrogen-bond donors (Lipinski definition) is 2. The molecule has 0 bridgehead atoms. The van der Waals surface area contributed by atoms with Gasteiger partial charge in [0.1, 0.15) is 23.2 Å². The average molecular weight is 285 g/mol. The number of unbranched alkanes of at least 4 members (excludes halogenated alkanes) is 1. The van der Waals surface area contributed by atoms with Gasteiger partial charge in [-0.05, 0) is 24.5 Å². The Labute approximate surface area is 121 Å². The third-order valence-corrected chi connectivity index (χ3v) is 3.19. The Balaban J connectivity index is 2.43. The molecule has 0 aromatic carbocycles. The molecule has 0 aliphatic rings. The van der Waals surface area contributed by atoms with E-state index in [0.717, 1.165) is 31.0 Å². The van der Waals surface area contributed by atoms with Crippen molar-refractivity contribution in [1.29, 1.82) is 5.26 Å². The molecule has 0 amide bonds. The Hall–Kier alpha value is -2.81. The molecule has 6 nitrogen and oxygen atoms in total. The van der Waals surface area contributed by atoms with E-state index in [0.29, 0.717) is 11.4 Å². The van der Waals surface area contributed by atoms with Gasteiger partial charge in [0.15, 0.2) is 0 Å². The summed E-state index contributed by atoms with van der Waals surface area (Å²) in [6.45, 7) is 2.07. The van der Waals surface area contributed by atoms with Gasteiger partial charge in [-0.15, -0.1) is 0 Å². The number of rotatable bonds is 5. The molecule has 108 valence electrons. The maximum absolute atomic E-state index is 11.0. The third kappa shape index (κ3) is 3.03. The third-order valence-electron chi connectivity index (χ3n) is 3.19. The number of carboxylic acid groups (broad SMARTS) is 1. The largest absolute Gasteiger partial charge is 0.505 e. The number of hydrogen-bond acceptors (Lipinski definition) is 4. The van der Waals surface area contributed by atoms with Crippen molar-refractivity contribution in [3.63, 3.8) is 0 Å². The fraction of sp³-hybridized carbons (Fsp3) is 0.267. The average Bonchev–Trinajstić information content (AvgIpc) is 2.88. The Morgan fingerprint density at radius 2 is 2.24 bits per heavy atom. The van der Waals surface area contributed by atoms with E-state index in [4.69, 9.17) is 10.4 Å². The van der Waals surface area contributed by atoms with Crippen LogP contribution in [0.1, 0.15) is 41.3 Å². The summed E-state index contributed by atoms with van der Waals surface area (Å²) < 4.78 is 1.61. The van der Waals surface area contributed by atoms with Crippen LogP contribution >= 0.6 is 0 Å². The first-order valence-electron chi connectivity index (χ1n) is 6.60. The highest BCUT2D eigenvalue weighted by Crippen LogP contribution is 2.21. The zero-order valence-electron chi connectivity index (χ0n) is 11.6. The molecule has 0 unspecified atom stereocenters. The van der Waals surface area contributed by atoms with Gasteiger partial charge in [0.2, 0.25) is 0 Å². The summed E-state index contributed by atoms with van der Waals surface area (Å²) in [5, 5.41) is 27.6. The lowest BCUT2D eigenvalue weighted by atomic mass is 10.1. The van der Waals surface area contributed by atoms with Gasteiger partial charge < -0.3 is 14.8 Å². The van der Waals surface area contributed by atoms with Crippen molar-refractivity contribution in [2.75, 3.05) is 0 Å². The van der Waals surface area contributed by atoms with E-state index in [-0.39, 0.29) is 11.3 Å². The van der Waals surface area contributed by atoms with Crippen LogP contribution in [-0.2, 0) is 6.42 Å². The second-order valence-electron chi connectivity index (χ2n) is 4.68. The van der Waals surface area contributed by atoms with Gasteiger partial charge in [0, 0.05) is 12.4 Å². The van der Waals surface area contributed by atoms with E-state index in [1.165, 1.54) is 6.07 Å². The van der Waals surface area contributed by atoms with Crippen LogP contribution in [0, 0.1) is 11.3 Å². The van der Waals surface area contributed by atoms with E-state index in [9.17, 15) is 9.90 Å². The number of nitriles is 1. The van der Waals surface area contributed by atoms with Crippen molar-refractivity contribution in [1.82, 2.24) is 9.55 Å². The number of carbonyl (C=O) groups is 1. The van der Waals surface area contributed by atoms with Crippen LogP contribution in [0.4, 0.5) is 0 Å². The zero-order valence-corrected chi connectivity index (χ0v) is 11.6. The molecule has 0 radical (unpaired) electrons. The molecule has 0 saturated carbocycles. The zero-order chi connectivity index (χ0) is 15.4. The van der Waals surface area contributed by atoms with Crippen LogP contribution in [0.15, 0.2) is 24.7 Å². The van der Waals surface area contributed by atoms with Crippen molar-refractivity contribution in [3.05, 3.63) is 41.3 Å². The van der Waals surface area contributed by atoms with Crippen LogP contribution in [0.2, 0.25) is 0 Å². The molecular formula is C15H15N3O3. The molecule has 0 spiro atoms. The summed E-state index contributed by atoms with van der Waals surface area (Å²) in [5.41, 5.74) is 1.24. The molecule has 0 atom stereocenters. The van der Waals surface area contributed by atoms with Gasteiger partial charge in [-0.25, -0.2) is 9.78 Å². The number of aromatic carboxylic acids is 1. The molecule has 0 aliphatic carbocycles. The van der Waals surface area contributed by atoms with E-state index in [2.05, 4.69) is 18.0 Å². The fourth-order valence-corrected chi connectivity index (χ4v) is 2.05. The molecule has 2 rings (SSSR count). The number of aromatic nitrogens is 2. The molecule has 2 N–H and O–H groups in total. The first-order valence-corrected chi connectivity index (χ1v) is 6.60. The summed E-state index contributed by atoms with van der Waals surface area (Å²) in [7, 11) is 0. The molecule has 21 heavy (non-hydrogen) atoms. The van der Waals surface area contributed by atoms with Crippen LogP contribution in [0.5, 0.6) is 5.75 Å². The molecular weight excluding hydrogens is 270 g/mol. The Morgan fingerprint density at radius 1 is 1.48 bits per heavy atom. The first-order chi connectivity index (χ1) is 10.1. The highest BCUT2D eigenvalue weighted by molar-refractivity contribution is 5.91. The second kappa shape index (κ2) is 6.09. The minimum absolute atomic E-state index is 0.220. The normalized spacial score (nSPS) is 10.3. The van der Waals surface area contributed by atoms with E-state index < -0.39 is 5.97 Å². The number of aryl methyl sites for hydroxylation is 1. The highest BCUT2D eigenvalue weighted by atomic mass is 16.4. The van der Waals surface area contributed by atoms with E-state index in [1.807, 2.05) is 0 Å². The Bertz CT molecular complexity index is 713. The number of pyridine rings is 1. The number of nitrogens with zero attached hydrogens (tertiary/aromatic N) is 3. The summed E-state index contributed by atoms with van der Waals surface area (Å²) in [5.74, 6) is -1.26. The maximum atomic E-state index is 11.0. The van der Waals surface area contributed by atoms with Crippen molar-refractivity contribution in [2.24, 2.45) is 0 Å². The molecule has 2 aromatic heterocycles. The fourth-order valence-electron chi connectivity index (χ4n) is 2.05. The topological polar surface area (TPSA) is 99.1 Å². The van der Waals surface area contributed by atoms with Crippen molar-refractivity contribution in [3.8, 4) is 17.6 Å². The lowest BCUT2D eigenvalue weighted by Gasteiger charge is -2.04. The number of aromatic hydroxyl groups is 1. The molecule has 2 heterocycles. The van der Waals surface area contributed by atoms with Crippen molar-refractivity contribution < 1.29 is 15.0 Å². The molecule has 0 fully saturated rings. The molecule has 0 saturated heterocycles. The maximum Gasteiger partial charge on any atom is 0.339 e. The van der Waals surface area contributed by atoms with Gasteiger partial charge in [0.25, 0.3) is 0 Å². The minimum atomic E-state index is -1.23. The lowest BCUT2D eigenvalue weighted by Crippen LogP contribution is -2.01. The van der Waals surface area contributed by atoms with Gasteiger partial charge in [0.05, 0.1) is 11.8 Å². The summed E-state index contributed by atoms with van der Waals surface area (Å²) in [4.78, 5) is 15.0. The van der Waals surface area contributed by atoms with Crippen LogP contribution in [0.25, 0.3) is 5.82 Å². The van der Waals surface area contributed by atoms with Gasteiger partial charge in [-0.1, -0.05) is 13.3 Å². The second-order valence-corrected chi connectivity index (χ2v) is 4.68. The summed E-state index contributed by atoms with van der Waals surface area (Å²) in [6.07, 6.45) is 7.28. The molecule has 6 heteroatoms. The standard InChI is InChI=1S/C15H15N3O3/c1-2-3-4-10-8-18(9-11(10)6-16)14-5-12(15(20)21)13(19)7-17-14/h5,7-9,19H,2-4H2,1H3,(H,20,21). The van der Waals surface area contributed by atoms with E-state index in [1.54, 1.807) is 17.0 Å². The predicted molar refractivity (Wildman–Crippen MR) is 75.5 cm³/mol.